The number of rotatable bonds is 2. The fourth-order valence-electron chi connectivity index (χ4n) is 1.89. The number of aromatic nitrogens is 2. The van der Waals surface area contributed by atoms with Gasteiger partial charge >= 0.3 is 5.69 Å². The quantitative estimate of drug-likeness (QED) is 0.526. The van der Waals surface area contributed by atoms with Crippen molar-refractivity contribution < 1.29 is 20.1 Å². The standard InChI is InChI=1S/C10H14N2O6/c1-11-6(14)2-3-12(10(11)17)9-8(16)7(15)5(4-13)18-9/h2-3,5,7-9,13,15-16H,4H2,1H3/t5-,7-,8-,9-/m0/s1. The summed E-state index contributed by atoms with van der Waals surface area (Å²) in [5.41, 5.74) is -1.15. The molecule has 1 aliphatic rings. The molecule has 18 heavy (non-hydrogen) atoms. The Labute approximate surface area is 101 Å². The highest BCUT2D eigenvalue weighted by Crippen LogP contribution is 2.27. The molecule has 0 aromatic carbocycles. The first kappa shape index (κ1) is 13.0. The van der Waals surface area contributed by atoms with E-state index in [9.17, 15) is 19.8 Å². The summed E-state index contributed by atoms with van der Waals surface area (Å²) in [5.74, 6) is 0. The van der Waals surface area contributed by atoms with Gasteiger partial charge in [-0.3, -0.25) is 13.9 Å². The number of hydrogen-bond acceptors (Lipinski definition) is 6. The van der Waals surface area contributed by atoms with Crippen LogP contribution in [0.4, 0.5) is 0 Å². The zero-order valence-corrected chi connectivity index (χ0v) is 9.63. The molecule has 1 fully saturated rings. The number of aliphatic hydroxyl groups is 3. The zero-order chi connectivity index (χ0) is 13.4. The van der Waals surface area contributed by atoms with Gasteiger partial charge in [0.15, 0.2) is 6.23 Å². The summed E-state index contributed by atoms with van der Waals surface area (Å²) in [5, 5.41) is 28.3. The molecule has 8 nitrogen and oxygen atoms in total. The first-order valence-corrected chi connectivity index (χ1v) is 5.38. The molecule has 0 amide bonds. The van der Waals surface area contributed by atoms with Gasteiger partial charge in [-0.1, -0.05) is 0 Å². The Morgan fingerprint density at radius 3 is 2.56 bits per heavy atom. The number of nitrogens with zero attached hydrogens (tertiary/aromatic N) is 2. The summed E-state index contributed by atoms with van der Waals surface area (Å²) in [6.07, 6.45) is -3.54. The van der Waals surface area contributed by atoms with Gasteiger partial charge in [-0.15, -0.1) is 0 Å². The van der Waals surface area contributed by atoms with E-state index in [2.05, 4.69) is 0 Å². The minimum Gasteiger partial charge on any atom is -0.394 e. The molecule has 0 unspecified atom stereocenters. The van der Waals surface area contributed by atoms with E-state index in [0.29, 0.717) is 0 Å². The van der Waals surface area contributed by atoms with Gasteiger partial charge in [0.25, 0.3) is 5.56 Å². The van der Waals surface area contributed by atoms with E-state index >= 15 is 0 Å². The van der Waals surface area contributed by atoms with Crippen LogP contribution < -0.4 is 11.2 Å². The smallest absolute Gasteiger partial charge is 0.332 e. The normalized spacial score (nSPS) is 31.8. The molecule has 1 aromatic rings. The van der Waals surface area contributed by atoms with Crippen molar-refractivity contribution in [1.29, 1.82) is 0 Å². The zero-order valence-electron chi connectivity index (χ0n) is 9.63. The Hall–Kier alpha value is -1.48. The third-order valence-electron chi connectivity index (χ3n) is 3.01. The van der Waals surface area contributed by atoms with Crippen LogP contribution >= 0.6 is 0 Å². The molecule has 0 radical (unpaired) electrons. The highest BCUT2D eigenvalue weighted by Gasteiger charge is 2.43. The van der Waals surface area contributed by atoms with Crippen LogP contribution in [0, 0.1) is 0 Å². The maximum atomic E-state index is 11.8. The highest BCUT2D eigenvalue weighted by molar-refractivity contribution is 4.93. The van der Waals surface area contributed by atoms with Crippen LogP contribution in [0.25, 0.3) is 0 Å². The third-order valence-corrected chi connectivity index (χ3v) is 3.01. The first-order valence-electron chi connectivity index (χ1n) is 5.38. The van der Waals surface area contributed by atoms with Crippen molar-refractivity contribution in [2.75, 3.05) is 6.61 Å². The second-order valence-corrected chi connectivity index (χ2v) is 4.13. The molecule has 3 N–H and O–H groups in total. The summed E-state index contributed by atoms with van der Waals surface area (Å²) < 4.78 is 7.06. The molecule has 100 valence electrons. The van der Waals surface area contributed by atoms with Crippen LogP contribution in [0.5, 0.6) is 0 Å². The molecule has 1 aromatic heterocycles. The Balaban J connectivity index is 2.42. The van der Waals surface area contributed by atoms with Crippen LogP contribution in [-0.4, -0.2) is 49.4 Å². The fourth-order valence-corrected chi connectivity index (χ4v) is 1.89. The van der Waals surface area contributed by atoms with Crippen molar-refractivity contribution in [2.24, 2.45) is 7.05 Å². The Morgan fingerprint density at radius 2 is 2.00 bits per heavy atom. The van der Waals surface area contributed by atoms with Crippen LogP contribution in [0.2, 0.25) is 0 Å². The molecule has 1 aliphatic heterocycles. The lowest BCUT2D eigenvalue weighted by Gasteiger charge is -2.17. The minimum absolute atomic E-state index is 0.477. The maximum absolute atomic E-state index is 11.8. The Bertz CT molecular complexity index is 550. The number of aliphatic hydroxyl groups excluding tert-OH is 3. The predicted octanol–water partition coefficient (Wildman–Crippen LogP) is -2.84. The van der Waals surface area contributed by atoms with Gasteiger partial charge in [0, 0.05) is 19.3 Å². The lowest BCUT2D eigenvalue weighted by Crippen LogP contribution is -2.41. The molecule has 8 heteroatoms. The molecule has 0 spiro atoms. The van der Waals surface area contributed by atoms with E-state index in [-0.39, 0.29) is 0 Å². The fraction of sp³-hybridized carbons (Fsp3) is 0.600. The lowest BCUT2D eigenvalue weighted by atomic mass is 10.1. The van der Waals surface area contributed by atoms with Crippen LogP contribution in [0.1, 0.15) is 6.23 Å². The molecular formula is C10H14N2O6. The van der Waals surface area contributed by atoms with Crippen molar-refractivity contribution in [3.05, 3.63) is 33.1 Å². The van der Waals surface area contributed by atoms with Crippen molar-refractivity contribution >= 4 is 0 Å². The molecule has 0 saturated carbocycles. The minimum atomic E-state index is -1.35. The molecular weight excluding hydrogens is 244 g/mol. The first-order chi connectivity index (χ1) is 8.47. The Kier molecular flexibility index (Phi) is 3.35. The predicted molar refractivity (Wildman–Crippen MR) is 59.0 cm³/mol. The van der Waals surface area contributed by atoms with Crippen LogP contribution in [0.3, 0.4) is 0 Å². The molecule has 2 rings (SSSR count). The van der Waals surface area contributed by atoms with E-state index in [1.165, 1.54) is 13.2 Å². The number of hydrogen-bond donors (Lipinski definition) is 3. The summed E-state index contributed by atoms with van der Waals surface area (Å²) in [6.45, 7) is -0.477. The van der Waals surface area contributed by atoms with Gasteiger partial charge in [0.1, 0.15) is 18.3 Å². The van der Waals surface area contributed by atoms with Gasteiger partial charge in [0.05, 0.1) is 6.61 Å². The van der Waals surface area contributed by atoms with Gasteiger partial charge < -0.3 is 20.1 Å². The Morgan fingerprint density at radius 1 is 1.33 bits per heavy atom. The van der Waals surface area contributed by atoms with Gasteiger partial charge in [-0.25, -0.2) is 4.79 Å². The third kappa shape index (κ3) is 1.89. The van der Waals surface area contributed by atoms with Crippen molar-refractivity contribution in [2.45, 2.75) is 24.5 Å². The average molecular weight is 258 g/mol. The lowest BCUT2D eigenvalue weighted by molar-refractivity contribution is -0.0555. The molecule has 0 bridgehead atoms. The summed E-state index contributed by atoms with van der Waals surface area (Å²) >= 11 is 0. The second-order valence-electron chi connectivity index (χ2n) is 4.13. The second kappa shape index (κ2) is 4.65. The topological polar surface area (TPSA) is 114 Å². The van der Waals surface area contributed by atoms with Crippen molar-refractivity contribution in [1.82, 2.24) is 9.13 Å². The SMILES string of the molecule is Cn1c(=O)ccn([C@H]2O[C@@H](CO)[C@H](O)[C@@H]2O)c1=O. The van der Waals surface area contributed by atoms with Crippen LogP contribution in [0.15, 0.2) is 21.9 Å². The van der Waals surface area contributed by atoms with Crippen LogP contribution in [-0.2, 0) is 11.8 Å². The monoisotopic (exact) mass is 258 g/mol. The molecule has 0 aliphatic carbocycles. The average Bonchev–Trinajstić information content (AvgIpc) is 2.64. The van der Waals surface area contributed by atoms with Gasteiger partial charge in [-0.05, 0) is 0 Å². The van der Waals surface area contributed by atoms with E-state index in [1.54, 1.807) is 0 Å². The van der Waals surface area contributed by atoms with E-state index in [0.717, 1.165) is 15.2 Å². The molecule has 2 heterocycles. The highest BCUT2D eigenvalue weighted by atomic mass is 16.6. The van der Waals surface area contributed by atoms with E-state index in [1.807, 2.05) is 0 Å². The van der Waals surface area contributed by atoms with Gasteiger partial charge in [-0.2, -0.15) is 0 Å². The molecule has 1 saturated heterocycles. The van der Waals surface area contributed by atoms with E-state index < -0.39 is 42.4 Å². The molecule has 4 atom stereocenters. The van der Waals surface area contributed by atoms with Crippen molar-refractivity contribution in [3.8, 4) is 0 Å². The maximum Gasteiger partial charge on any atom is 0.332 e. The number of ether oxygens (including phenoxy) is 1. The summed E-state index contributed by atoms with van der Waals surface area (Å²) in [6, 6.07) is 1.15. The largest absolute Gasteiger partial charge is 0.394 e. The van der Waals surface area contributed by atoms with Gasteiger partial charge in [0.2, 0.25) is 0 Å². The summed E-state index contributed by atoms with van der Waals surface area (Å²) in [7, 11) is 1.29. The van der Waals surface area contributed by atoms with Crippen molar-refractivity contribution in [3.63, 3.8) is 0 Å². The summed E-state index contributed by atoms with van der Waals surface area (Å²) in [4.78, 5) is 23.0. The van der Waals surface area contributed by atoms with E-state index in [4.69, 9.17) is 9.84 Å².